The lowest BCUT2D eigenvalue weighted by molar-refractivity contribution is -0.0196. The molecule has 0 aromatic rings. The van der Waals surface area contributed by atoms with Crippen molar-refractivity contribution in [3.05, 3.63) is 0 Å². The van der Waals surface area contributed by atoms with Crippen molar-refractivity contribution in [2.24, 2.45) is 16.7 Å². The van der Waals surface area contributed by atoms with E-state index < -0.39 is 5.60 Å². The summed E-state index contributed by atoms with van der Waals surface area (Å²) in [4.78, 5) is 0. The molecule has 1 heterocycles. The van der Waals surface area contributed by atoms with Crippen LogP contribution in [0.15, 0.2) is 0 Å². The highest BCUT2D eigenvalue weighted by Crippen LogP contribution is 2.63. The molecule has 98 valence electrons. The minimum absolute atomic E-state index is 0.120. The van der Waals surface area contributed by atoms with E-state index in [-0.39, 0.29) is 6.10 Å². The summed E-state index contributed by atoms with van der Waals surface area (Å²) < 4.78 is 5.83. The molecule has 2 heteroatoms. The summed E-state index contributed by atoms with van der Waals surface area (Å²) in [5, 5.41) is 10.2. The Bertz CT molecular complexity index is 334. The molecule has 1 saturated heterocycles. The maximum absolute atomic E-state index is 10.2. The monoisotopic (exact) mass is 238 g/mol. The van der Waals surface area contributed by atoms with Crippen molar-refractivity contribution in [3.8, 4) is 0 Å². The second-order valence-corrected chi connectivity index (χ2v) is 7.68. The minimum atomic E-state index is -0.569. The Hall–Kier alpha value is -0.0800. The van der Waals surface area contributed by atoms with Crippen LogP contribution in [-0.2, 0) is 4.74 Å². The first-order chi connectivity index (χ1) is 7.78. The highest BCUT2D eigenvalue weighted by atomic mass is 16.6. The van der Waals surface area contributed by atoms with Crippen LogP contribution in [0.4, 0.5) is 0 Å². The van der Waals surface area contributed by atoms with Crippen molar-refractivity contribution in [2.75, 3.05) is 0 Å². The molecule has 2 nitrogen and oxygen atoms in total. The van der Waals surface area contributed by atoms with Gasteiger partial charge in [-0.2, -0.15) is 0 Å². The van der Waals surface area contributed by atoms with Crippen LogP contribution < -0.4 is 0 Å². The topological polar surface area (TPSA) is 32.8 Å². The van der Waals surface area contributed by atoms with Crippen LogP contribution in [-0.4, -0.2) is 22.9 Å². The molecule has 3 aliphatic rings. The van der Waals surface area contributed by atoms with Gasteiger partial charge in [0.05, 0.1) is 11.7 Å². The molecule has 0 aromatic carbocycles. The molecule has 3 fully saturated rings. The molecular formula is C15H26O2. The maximum atomic E-state index is 10.2. The molecule has 0 spiro atoms. The zero-order valence-corrected chi connectivity index (χ0v) is 11.6. The summed E-state index contributed by atoms with van der Waals surface area (Å²) in [7, 11) is 0. The lowest BCUT2D eigenvalue weighted by atomic mass is 9.57. The SMILES string of the molecule is CC1(C)CCC[C@@]1(C)[C@H]1CC[C@](C)(O)[C@@H]2O[C@@H]21. The van der Waals surface area contributed by atoms with Crippen molar-refractivity contribution in [2.45, 2.75) is 77.6 Å². The Morgan fingerprint density at radius 3 is 2.35 bits per heavy atom. The Morgan fingerprint density at radius 2 is 1.76 bits per heavy atom. The molecule has 0 unspecified atom stereocenters. The standard InChI is InChI=1S/C15H26O2/c1-13(2)7-5-8-14(13,3)10-6-9-15(4,16)12-11(10)17-12/h10-12,16H,5-9H2,1-4H3/t10-,11+,12+,14-,15-/m0/s1. The van der Waals surface area contributed by atoms with Gasteiger partial charge in [0.15, 0.2) is 0 Å². The lowest BCUT2D eigenvalue weighted by Crippen LogP contribution is -2.47. The van der Waals surface area contributed by atoms with Gasteiger partial charge in [0, 0.05) is 0 Å². The molecule has 5 atom stereocenters. The van der Waals surface area contributed by atoms with Gasteiger partial charge in [0.25, 0.3) is 0 Å². The molecule has 1 N–H and O–H groups in total. The van der Waals surface area contributed by atoms with E-state index >= 15 is 0 Å². The number of ether oxygens (including phenoxy) is 1. The van der Waals surface area contributed by atoms with Crippen molar-refractivity contribution in [3.63, 3.8) is 0 Å². The smallest absolute Gasteiger partial charge is 0.113 e. The van der Waals surface area contributed by atoms with Crippen LogP contribution in [0.25, 0.3) is 0 Å². The molecule has 0 bridgehead atoms. The largest absolute Gasteiger partial charge is 0.387 e. The van der Waals surface area contributed by atoms with E-state index in [1.54, 1.807) is 0 Å². The number of epoxide rings is 1. The molecule has 0 radical (unpaired) electrons. The second-order valence-electron chi connectivity index (χ2n) is 7.68. The van der Waals surface area contributed by atoms with Crippen LogP contribution in [0.1, 0.15) is 59.8 Å². The fraction of sp³-hybridized carbons (Fsp3) is 1.00. The number of rotatable bonds is 1. The van der Waals surface area contributed by atoms with Gasteiger partial charge >= 0.3 is 0 Å². The maximum Gasteiger partial charge on any atom is 0.113 e. The molecule has 2 saturated carbocycles. The van der Waals surface area contributed by atoms with E-state index in [0.29, 0.717) is 22.9 Å². The van der Waals surface area contributed by atoms with Gasteiger partial charge in [0.2, 0.25) is 0 Å². The van der Waals surface area contributed by atoms with Gasteiger partial charge in [-0.05, 0) is 49.4 Å². The van der Waals surface area contributed by atoms with Crippen LogP contribution in [0, 0.1) is 16.7 Å². The van der Waals surface area contributed by atoms with Gasteiger partial charge in [-0.25, -0.2) is 0 Å². The summed E-state index contributed by atoms with van der Waals surface area (Å²) in [6.45, 7) is 9.24. The quantitative estimate of drug-likeness (QED) is 0.712. The Balaban J connectivity index is 1.83. The molecule has 3 rings (SSSR count). The van der Waals surface area contributed by atoms with E-state index in [0.717, 1.165) is 12.8 Å². The number of hydrogen-bond donors (Lipinski definition) is 1. The van der Waals surface area contributed by atoms with E-state index in [4.69, 9.17) is 4.74 Å². The number of aliphatic hydroxyl groups is 1. The molecule has 1 aliphatic heterocycles. The molecule has 17 heavy (non-hydrogen) atoms. The summed E-state index contributed by atoms with van der Waals surface area (Å²) in [6.07, 6.45) is 6.52. The zero-order chi connectivity index (χ0) is 12.5. The number of hydrogen-bond acceptors (Lipinski definition) is 2. The summed E-state index contributed by atoms with van der Waals surface area (Å²) in [6, 6.07) is 0. The van der Waals surface area contributed by atoms with E-state index in [9.17, 15) is 5.11 Å². The normalized spacial score (nSPS) is 56.6. The zero-order valence-electron chi connectivity index (χ0n) is 11.6. The molecule has 0 amide bonds. The molecule has 0 aromatic heterocycles. The van der Waals surface area contributed by atoms with Crippen molar-refractivity contribution in [1.82, 2.24) is 0 Å². The Kier molecular flexibility index (Phi) is 2.30. The number of fused-ring (bicyclic) bond motifs is 1. The average Bonchev–Trinajstić information content (AvgIpc) is 2.92. The first-order valence-electron chi connectivity index (χ1n) is 7.16. The second kappa shape index (κ2) is 3.27. The van der Waals surface area contributed by atoms with Gasteiger partial charge in [-0.3, -0.25) is 0 Å². The third-order valence-electron chi connectivity index (χ3n) is 6.36. The predicted molar refractivity (Wildman–Crippen MR) is 67.7 cm³/mol. The van der Waals surface area contributed by atoms with Crippen LogP contribution >= 0.6 is 0 Å². The summed E-state index contributed by atoms with van der Waals surface area (Å²) in [5.41, 5.74) is 0.264. The fourth-order valence-electron chi connectivity index (χ4n) is 4.57. The highest BCUT2D eigenvalue weighted by molar-refractivity contribution is 5.13. The fourth-order valence-corrected chi connectivity index (χ4v) is 4.57. The highest BCUT2D eigenvalue weighted by Gasteiger charge is 2.64. The van der Waals surface area contributed by atoms with Crippen molar-refractivity contribution in [1.29, 1.82) is 0 Å². The first kappa shape index (κ1) is 12.0. The third kappa shape index (κ3) is 1.53. The van der Waals surface area contributed by atoms with Crippen LogP contribution in [0.3, 0.4) is 0 Å². The van der Waals surface area contributed by atoms with Crippen LogP contribution in [0.2, 0.25) is 0 Å². The van der Waals surface area contributed by atoms with Crippen molar-refractivity contribution >= 4 is 0 Å². The van der Waals surface area contributed by atoms with E-state index in [2.05, 4.69) is 20.8 Å². The van der Waals surface area contributed by atoms with Gasteiger partial charge in [-0.15, -0.1) is 0 Å². The van der Waals surface area contributed by atoms with Gasteiger partial charge in [0.1, 0.15) is 6.10 Å². The van der Waals surface area contributed by atoms with Crippen LogP contribution in [0.5, 0.6) is 0 Å². The van der Waals surface area contributed by atoms with Gasteiger partial charge in [-0.1, -0.05) is 27.2 Å². The lowest BCUT2D eigenvalue weighted by Gasteiger charge is -2.47. The van der Waals surface area contributed by atoms with Gasteiger partial charge < -0.3 is 9.84 Å². The first-order valence-corrected chi connectivity index (χ1v) is 7.16. The third-order valence-corrected chi connectivity index (χ3v) is 6.36. The average molecular weight is 238 g/mol. The summed E-state index contributed by atoms with van der Waals surface area (Å²) >= 11 is 0. The van der Waals surface area contributed by atoms with E-state index in [1.165, 1.54) is 19.3 Å². The van der Waals surface area contributed by atoms with Crippen molar-refractivity contribution < 1.29 is 9.84 Å². The Morgan fingerprint density at radius 1 is 1.06 bits per heavy atom. The molecule has 2 aliphatic carbocycles. The summed E-state index contributed by atoms with van der Waals surface area (Å²) in [5.74, 6) is 0.658. The predicted octanol–water partition coefficient (Wildman–Crippen LogP) is 3.13. The molecular weight excluding hydrogens is 212 g/mol. The van der Waals surface area contributed by atoms with E-state index in [1.807, 2.05) is 6.92 Å². The Labute approximate surface area is 105 Å². The minimum Gasteiger partial charge on any atom is -0.387 e.